The second kappa shape index (κ2) is 6.51. The second-order valence-corrected chi connectivity index (χ2v) is 5.13. The van der Waals surface area contributed by atoms with E-state index in [1.54, 1.807) is 0 Å². The lowest BCUT2D eigenvalue weighted by Gasteiger charge is -2.05. The highest BCUT2D eigenvalue weighted by Gasteiger charge is 2.16. The van der Waals surface area contributed by atoms with Crippen molar-refractivity contribution in [3.63, 3.8) is 0 Å². The molecule has 2 aromatic rings. The van der Waals surface area contributed by atoms with E-state index >= 15 is 0 Å². The molecular formula is C17H22N2O. The Hall–Kier alpha value is -1.90. The van der Waals surface area contributed by atoms with E-state index in [4.69, 9.17) is 0 Å². The van der Waals surface area contributed by atoms with Crippen LogP contribution in [0.4, 0.5) is 0 Å². The number of carbonyl (C=O) groups is 1. The van der Waals surface area contributed by atoms with Gasteiger partial charge in [-0.1, -0.05) is 37.3 Å². The molecule has 0 aliphatic carbocycles. The third-order valence-corrected chi connectivity index (χ3v) is 3.66. The standard InChI is InChI=1S/C17H22N2O/c1-4-16(20)17-13(2)18-19(14(17)3)12-8-11-15-9-6-5-7-10-15/h5-7,9-10H,4,8,11-12H2,1-3H3. The van der Waals surface area contributed by atoms with Crippen molar-refractivity contribution < 1.29 is 4.79 Å². The number of carbonyl (C=O) groups excluding carboxylic acids is 1. The van der Waals surface area contributed by atoms with Crippen molar-refractivity contribution in [2.45, 2.75) is 46.6 Å². The highest BCUT2D eigenvalue weighted by Crippen LogP contribution is 2.16. The topological polar surface area (TPSA) is 34.9 Å². The molecule has 0 unspecified atom stereocenters. The summed E-state index contributed by atoms with van der Waals surface area (Å²) in [6, 6.07) is 10.5. The van der Waals surface area contributed by atoms with E-state index in [1.165, 1.54) is 5.56 Å². The Morgan fingerprint density at radius 1 is 1.20 bits per heavy atom. The van der Waals surface area contributed by atoms with E-state index in [1.807, 2.05) is 31.5 Å². The lowest BCUT2D eigenvalue weighted by Crippen LogP contribution is -2.05. The first-order chi connectivity index (χ1) is 9.63. The van der Waals surface area contributed by atoms with E-state index in [2.05, 4.69) is 29.4 Å². The van der Waals surface area contributed by atoms with E-state index < -0.39 is 0 Å². The van der Waals surface area contributed by atoms with Gasteiger partial charge in [-0.15, -0.1) is 0 Å². The molecule has 0 bridgehead atoms. The first-order valence-corrected chi connectivity index (χ1v) is 7.24. The SMILES string of the molecule is CCC(=O)c1c(C)nn(CCCc2ccccc2)c1C. The van der Waals surface area contributed by atoms with Gasteiger partial charge in [0.05, 0.1) is 11.3 Å². The van der Waals surface area contributed by atoms with Crippen LogP contribution in [-0.2, 0) is 13.0 Å². The Balaban J connectivity index is 2.02. The minimum Gasteiger partial charge on any atom is -0.294 e. The number of aromatic nitrogens is 2. The molecule has 3 nitrogen and oxygen atoms in total. The van der Waals surface area contributed by atoms with Crippen LogP contribution in [0.25, 0.3) is 0 Å². The normalized spacial score (nSPS) is 10.8. The van der Waals surface area contributed by atoms with Gasteiger partial charge in [-0.05, 0) is 32.3 Å². The zero-order chi connectivity index (χ0) is 14.5. The molecule has 1 aromatic carbocycles. The van der Waals surface area contributed by atoms with E-state index in [9.17, 15) is 4.79 Å². The Labute approximate surface area is 120 Å². The first kappa shape index (κ1) is 14.5. The zero-order valence-electron chi connectivity index (χ0n) is 12.5. The van der Waals surface area contributed by atoms with Gasteiger partial charge in [-0.25, -0.2) is 0 Å². The number of benzene rings is 1. The largest absolute Gasteiger partial charge is 0.294 e. The van der Waals surface area contributed by atoms with Crippen LogP contribution in [0.2, 0.25) is 0 Å². The van der Waals surface area contributed by atoms with Crippen LogP contribution >= 0.6 is 0 Å². The van der Waals surface area contributed by atoms with Crippen LogP contribution < -0.4 is 0 Å². The van der Waals surface area contributed by atoms with Crippen molar-refractivity contribution in [2.24, 2.45) is 0 Å². The second-order valence-electron chi connectivity index (χ2n) is 5.13. The summed E-state index contributed by atoms with van der Waals surface area (Å²) in [5.74, 6) is 0.189. The molecule has 20 heavy (non-hydrogen) atoms. The molecular weight excluding hydrogens is 248 g/mol. The first-order valence-electron chi connectivity index (χ1n) is 7.24. The van der Waals surface area contributed by atoms with Crippen molar-refractivity contribution in [3.05, 3.63) is 52.8 Å². The molecule has 106 valence electrons. The van der Waals surface area contributed by atoms with Crippen LogP contribution in [-0.4, -0.2) is 15.6 Å². The van der Waals surface area contributed by atoms with Gasteiger partial charge in [0.15, 0.2) is 5.78 Å². The Kier molecular flexibility index (Phi) is 4.72. The minimum atomic E-state index is 0.189. The third kappa shape index (κ3) is 3.16. The van der Waals surface area contributed by atoms with Gasteiger partial charge >= 0.3 is 0 Å². The minimum absolute atomic E-state index is 0.189. The zero-order valence-corrected chi connectivity index (χ0v) is 12.5. The summed E-state index contributed by atoms with van der Waals surface area (Å²) < 4.78 is 1.97. The maximum Gasteiger partial charge on any atom is 0.166 e. The summed E-state index contributed by atoms with van der Waals surface area (Å²) in [6.07, 6.45) is 2.61. The van der Waals surface area contributed by atoms with Crippen molar-refractivity contribution in [2.75, 3.05) is 0 Å². The van der Waals surface area contributed by atoms with Gasteiger partial charge in [0.25, 0.3) is 0 Å². The molecule has 2 rings (SSSR count). The number of aryl methyl sites for hydroxylation is 3. The van der Waals surface area contributed by atoms with Crippen molar-refractivity contribution >= 4 is 5.78 Å². The maximum absolute atomic E-state index is 11.9. The number of Topliss-reactive ketones (excluding diaryl/α,β-unsaturated/α-hetero) is 1. The summed E-state index contributed by atoms with van der Waals surface area (Å²) in [4.78, 5) is 11.9. The number of ketones is 1. The lowest BCUT2D eigenvalue weighted by atomic mass is 10.1. The molecule has 0 saturated heterocycles. The molecule has 3 heteroatoms. The number of hydrogen-bond donors (Lipinski definition) is 0. The maximum atomic E-state index is 11.9. The van der Waals surface area contributed by atoms with Gasteiger partial charge in [-0.3, -0.25) is 9.48 Å². The van der Waals surface area contributed by atoms with Crippen LogP contribution in [0.1, 0.15) is 47.1 Å². The Morgan fingerprint density at radius 2 is 1.90 bits per heavy atom. The Morgan fingerprint density at radius 3 is 2.55 bits per heavy atom. The fourth-order valence-electron chi connectivity index (χ4n) is 2.57. The van der Waals surface area contributed by atoms with Gasteiger partial charge in [0, 0.05) is 18.7 Å². The molecule has 0 spiro atoms. The Bertz CT molecular complexity index is 585. The third-order valence-electron chi connectivity index (χ3n) is 3.66. The molecule has 0 fully saturated rings. The molecule has 0 atom stereocenters. The molecule has 0 aliphatic heterocycles. The van der Waals surface area contributed by atoms with Gasteiger partial charge < -0.3 is 0 Å². The lowest BCUT2D eigenvalue weighted by molar-refractivity contribution is 0.0987. The molecule has 1 aromatic heterocycles. The average molecular weight is 270 g/mol. The highest BCUT2D eigenvalue weighted by atomic mass is 16.1. The summed E-state index contributed by atoms with van der Waals surface area (Å²) in [7, 11) is 0. The highest BCUT2D eigenvalue weighted by molar-refractivity contribution is 5.97. The van der Waals surface area contributed by atoms with Gasteiger partial charge in [0.2, 0.25) is 0 Å². The van der Waals surface area contributed by atoms with Crippen molar-refractivity contribution in [3.8, 4) is 0 Å². The molecule has 1 heterocycles. The molecule has 0 aliphatic rings. The van der Waals surface area contributed by atoms with Gasteiger partial charge in [-0.2, -0.15) is 5.10 Å². The monoisotopic (exact) mass is 270 g/mol. The molecule has 0 amide bonds. The summed E-state index contributed by atoms with van der Waals surface area (Å²) in [6.45, 7) is 6.67. The van der Waals surface area contributed by atoms with Crippen LogP contribution in [0.3, 0.4) is 0 Å². The van der Waals surface area contributed by atoms with E-state index in [0.29, 0.717) is 6.42 Å². The fourth-order valence-corrected chi connectivity index (χ4v) is 2.57. The van der Waals surface area contributed by atoms with Crippen molar-refractivity contribution in [1.29, 1.82) is 0 Å². The number of rotatable bonds is 6. The summed E-state index contributed by atoms with van der Waals surface area (Å²) in [5, 5.41) is 4.51. The fraction of sp³-hybridized carbons (Fsp3) is 0.412. The van der Waals surface area contributed by atoms with Crippen LogP contribution in [0, 0.1) is 13.8 Å². The number of nitrogens with zero attached hydrogens (tertiary/aromatic N) is 2. The number of hydrogen-bond acceptors (Lipinski definition) is 2. The van der Waals surface area contributed by atoms with Crippen LogP contribution in [0.5, 0.6) is 0 Å². The van der Waals surface area contributed by atoms with E-state index in [0.717, 1.165) is 36.3 Å². The predicted molar refractivity (Wildman–Crippen MR) is 81.1 cm³/mol. The quantitative estimate of drug-likeness (QED) is 0.750. The molecule has 0 saturated carbocycles. The smallest absolute Gasteiger partial charge is 0.166 e. The van der Waals surface area contributed by atoms with Gasteiger partial charge in [0.1, 0.15) is 0 Å². The summed E-state index contributed by atoms with van der Waals surface area (Å²) in [5.41, 5.74) is 4.02. The van der Waals surface area contributed by atoms with Crippen molar-refractivity contribution in [1.82, 2.24) is 9.78 Å². The van der Waals surface area contributed by atoms with E-state index in [-0.39, 0.29) is 5.78 Å². The molecule has 0 N–H and O–H groups in total. The molecule has 0 radical (unpaired) electrons. The predicted octanol–water partition coefficient (Wildman–Crippen LogP) is 3.73. The summed E-state index contributed by atoms with van der Waals surface area (Å²) >= 11 is 0. The average Bonchev–Trinajstić information content (AvgIpc) is 2.74. The van der Waals surface area contributed by atoms with Crippen LogP contribution in [0.15, 0.2) is 30.3 Å².